The van der Waals surface area contributed by atoms with Gasteiger partial charge in [0.1, 0.15) is 12.4 Å². The van der Waals surface area contributed by atoms with E-state index in [1.807, 2.05) is 62.5 Å². The molecule has 8 nitrogen and oxygen atoms in total. The van der Waals surface area contributed by atoms with Crippen LogP contribution in [0, 0.1) is 0 Å². The second-order valence-corrected chi connectivity index (χ2v) is 18.4. The Morgan fingerprint density at radius 1 is 1.07 bits per heavy atom. The van der Waals surface area contributed by atoms with Crippen molar-refractivity contribution >= 4 is 14.2 Å². The van der Waals surface area contributed by atoms with E-state index in [1.54, 1.807) is 4.90 Å². The molecule has 1 aromatic carbocycles. The second-order valence-electron chi connectivity index (χ2n) is 13.5. The molecule has 1 fully saturated rings. The van der Waals surface area contributed by atoms with E-state index in [4.69, 9.17) is 14.1 Å². The van der Waals surface area contributed by atoms with Crippen molar-refractivity contribution < 1.29 is 14.0 Å². The Balaban J connectivity index is 1.68. The monoisotopic (exact) mass is 604 g/mol. The predicted molar refractivity (Wildman–Crippen MR) is 173 cm³/mol. The van der Waals surface area contributed by atoms with Gasteiger partial charge in [-0.3, -0.25) is 14.6 Å². The number of hydrogen-bond donors (Lipinski definition) is 1. The summed E-state index contributed by atoms with van der Waals surface area (Å²) < 4.78 is 12.5. The fraction of sp³-hybridized carbons (Fsp3) is 0.529. The van der Waals surface area contributed by atoms with Crippen molar-refractivity contribution in [3.8, 4) is 5.75 Å². The van der Waals surface area contributed by atoms with Gasteiger partial charge >= 0.3 is 0 Å². The lowest BCUT2D eigenvalue weighted by Crippen LogP contribution is -2.45. The SMILES string of the molecule is CC(C)N(CCO[Si](C)(C)C(C)(C)C)C(=O)c1nc(CC2(c3ccccn3)CCCC2)[nH]c(=O)c1OCc1ccccc1. The smallest absolute Gasteiger partial charge is 0.294 e. The Morgan fingerprint density at radius 3 is 2.35 bits per heavy atom. The molecule has 232 valence electrons. The highest BCUT2D eigenvalue weighted by molar-refractivity contribution is 6.74. The number of hydrogen-bond acceptors (Lipinski definition) is 6. The lowest BCUT2D eigenvalue weighted by molar-refractivity contribution is 0.0657. The molecule has 0 saturated heterocycles. The molecule has 0 unspecified atom stereocenters. The maximum atomic E-state index is 14.2. The Hall–Kier alpha value is -3.30. The van der Waals surface area contributed by atoms with Crippen LogP contribution in [0.15, 0.2) is 59.5 Å². The normalized spacial score (nSPS) is 15.1. The van der Waals surface area contributed by atoms with E-state index in [0.29, 0.717) is 25.4 Å². The Labute approximate surface area is 257 Å². The van der Waals surface area contributed by atoms with Crippen LogP contribution in [0.4, 0.5) is 0 Å². The summed E-state index contributed by atoms with van der Waals surface area (Å²) in [4.78, 5) is 42.1. The van der Waals surface area contributed by atoms with Gasteiger partial charge in [0.2, 0.25) is 5.75 Å². The molecule has 2 aromatic heterocycles. The van der Waals surface area contributed by atoms with E-state index in [0.717, 1.165) is 36.9 Å². The third-order valence-electron chi connectivity index (χ3n) is 9.11. The molecule has 3 aromatic rings. The zero-order chi connectivity index (χ0) is 31.3. The highest BCUT2D eigenvalue weighted by Crippen LogP contribution is 2.42. The Kier molecular flexibility index (Phi) is 10.3. The summed E-state index contributed by atoms with van der Waals surface area (Å²) in [6.07, 6.45) is 6.38. The molecule has 2 heterocycles. The number of carbonyl (C=O) groups is 1. The number of carbonyl (C=O) groups excluding carboxylic acids is 1. The lowest BCUT2D eigenvalue weighted by atomic mass is 9.79. The van der Waals surface area contributed by atoms with Crippen molar-refractivity contribution in [3.05, 3.63) is 87.9 Å². The van der Waals surface area contributed by atoms with Crippen LogP contribution in [-0.2, 0) is 22.9 Å². The first-order valence-corrected chi connectivity index (χ1v) is 18.4. The molecule has 0 atom stereocenters. The van der Waals surface area contributed by atoms with Gasteiger partial charge in [0.15, 0.2) is 14.0 Å². The summed E-state index contributed by atoms with van der Waals surface area (Å²) in [6, 6.07) is 15.4. The second kappa shape index (κ2) is 13.6. The first-order valence-electron chi connectivity index (χ1n) is 15.5. The number of nitrogens with zero attached hydrogens (tertiary/aromatic N) is 3. The number of nitrogens with one attached hydrogen (secondary N) is 1. The van der Waals surface area contributed by atoms with Crippen LogP contribution in [0.3, 0.4) is 0 Å². The summed E-state index contributed by atoms with van der Waals surface area (Å²) >= 11 is 0. The summed E-state index contributed by atoms with van der Waals surface area (Å²) in [5.74, 6) is 0.101. The van der Waals surface area contributed by atoms with E-state index in [1.165, 1.54) is 0 Å². The number of H-pyrrole nitrogens is 1. The van der Waals surface area contributed by atoms with Gasteiger partial charge in [-0.15, -0.1) is 0 Å². The molecule has 4 rings (SSSR count). The summed E-state index contributed by atoms with van der Waals surface area (Å²) in [5.41, 5.74) is 1.26. The third kappa shape index (κ3) is 7.81. The molecule has 0 aliphatic heterocycles. The van der Waals surface area contributed by atoms with E-state index in [-0.39, 0.29) is 40.5 Å². The fourth-order valence-corrected chi connectivity index (χ4v) is 6.55. The van der Waals surface area contributed by atoms with Gasteiger partial charge in [0.25, 0.3) is 11.5 Å². The van der Waals surface area contributed by atoms with Crippen LogP contribution in [0.5, 0.6) is 5.75 Å². The standard InChI is InChI=1S/C34H48N4O4Si/c1-25(2)38(21-22-42-43(6,7)33(3,4)5)32(40)29-30(41-24-26-15-9-8-10-16-26)31(39)37-28(36-29)23-34(18-12-13-19-34)27-17-11-14-20-35-27/h8-11,14-17,20,25H,12-13,18-19,21-24H2,1-7H3,(H,36,37,39). The number of pyridine rings is 1. The molecule has 9 heteroatoms. The minimum atomic E-state index is -2.00. The molecule has 1 amide bonds. The number of aromatic amines is 1. The van der Waals surface area contributed by atoms with E-state index in [9.17, 15) is 9.59 Å². The maximum Gasteiger partial charge on any atom is 0.294 e. The molecular formula is C34H48N4O4Si. The van der Waals surface area contributed by atoms with Crippen molar-refractivity contribution in [2.75, 3.05) is 13.2 Å². The molecule has 1 aliphatic carbocycles. The number of aromatic nitrogens is 3. The summed E-state index contributed by atoms with van der Waals surface area (Å²) in [7, 11) is -2.00. The summed E-state index contributed by atoms with van der Waals surface area (Å²) in [6.45, 7) is 15.9. The van der Waals surface area contributed by atoms with Crippen LogP contribution < -0.4 is 10.3 Å². The Bertz CT molecular complexity index is 1410. The van der Waals surface area contributed by atoms with Crippen LogP contribution in [-0.4, -0.2) is 53.3 Å². The molecular weight excluding hydrogens is 556 g/mol. The first-order chi connectivity index (χ1) is 20.3. The highest BCUT2D eigenvalue weighted by Gasteiger charge is 2.39. The topological polar surface area (TPSA) is 97.4 Å². The van der Waals surface area contributed by atoms with E-state index >= 15 is 0 Å². The number of benzene rings is 1. The highest BCUT2D eigenvalue weighted by atomic mass is 28.4. The maximum absolute atomic E-state index is 14.2. The Morgan fingerprint density at radius 2 is 1.74 bits per heavy atom. The molecule has 43 heavy (non-hydrogen) atoms. The molecule has 0 bridgehead atoms. The van der Waals surface area contributed by atoms with Crippen LogP contribution in [0.25, 0.3) is 0 Å². The fourth-order valence-electron chi connectivity index (χ4n) is 5.52. The lowest BCUT2D eigenvalue weighted by Gasteiger charge is -2.37. The van der Waals surface area contributed by atoms with Gasteiger partial charge in [-0.1, -0.05) is 70.0 Å². The van der Waals surface area contributed by atoms with Crippen LogP contribution in [0.1, 0.15) is 87.9 Å². The number of ether oxygens (including phenoxy) is 1. The molecule has 0 radical (unpaired) electrons. The predicted octanol–water partition coefficient (Wildman–Crippen LogP) is 6.67. The quantitative estimate of drug-likeness (QED) is 0.232. The average molecular weight is 605 g/mol. The van der Waals surface area contributed by atoms with E-state index < -0.39 is 13.9 Å². The number of rotatable bonds is 12. The van der Waals surface area contributed by atoms with Gasteiger partial charge in [0, 0.05) is 36.3 Å². The number of amides is 1. The van der Waals surface area contributed by atoms with Gasteiger partial charge < -0.3 is 19.0 Å². The third-order valence-corrected chi connectivity index (χ3v) is 13.7. The minimum Gasteiger partial charge on any atom is -0.481 e. The van der Waals surface area contributed by atoms with E-state index in [2.05, 4.69) is 49.9 Å². The van der Waals surface area contributed by atoms with Gasteiger partial charge in [-0.25, -0.2) is 4.98 Å². The van der Waals surface area contributed by atoms with Crippen molar-refractivity contribution in [2.24, 2.45) is 0 Å². The average Bonchev–Trinajstić information content (AvgIpc) is 3.44. The van der Waals surface area contributed by atoms with Gasteiger partial charge in [-0.2, -0.15) is 0 Å². The van der Waals surface area contributed by atoms with Gasteiger partial charge in [0.05, 0.1) is 6.61 Å². The van der Waals surface area contributed by atoms with Crippen molar-refractivity contribution in [1.82, 2.24) is 19.9 Å². The van der Waals surface area contributed by atoms with Crippen molar-refractivity contribution in [1.29, 1.82) is 0 Å². The molecule has 1 saturated carbocycles. The first kappa shape index (κ1) is 32.6. The molecule has 1 N–H and O–H groups in total. The van der Waals surface area contributed by atoms with Gasteiger partial charge in [-0.05, 0) is 62.5 Å². The van der Waals surface area contributed by atoms with Crippen molar-refractivity contribution in [3.63, 3.8) is 0 Å². The largest absolute Gasteiger partial charge is 0.481 e. The van der Waals surface area contributed by atoms with Crippen LogP contribution in [0.2, 0.25) is 18.1 Å². The molecule has 1 aliphatic rings. The zero-order valence-electron chi connectivity index (χ0n) is 26.9. The minimum absolute atomic E-state index is 0.0462. The molecule has 0 spiro atoms. The van der Waals surface area contributed by atoms with Crippen molar-refractivity contribution in [2.45, 2.75) is 103 Å². The zero-order valence-corrected chi connectivity index (χ0v) is 27.9. The van der Waals surface area contributed by atoms with Crippen LogP contribution >= 0.6 is 0 Å². The summed E-state index contributed by atoms with van der Waals surface area (Å²) in [5, 5.41) is 0.0606.